The molecule has 0 bridgehead atoms. The molecule has 0 saturated heterocycles. The first-order chi connectivity index (χ1) is 9.56. The van der Waals surface area contributed by atoms with Gasteiger partial charge in [-0.1, -0.05) is 29.4 Å². The number of carboxylic acid groups (broad SMARTS) is 1. The van der Waals surface area contributed by atoms with Crippen molar-refractivity contribution in [3.63, 3.8) is 0 Å². The van der Waals surface area contributed by atoms with E-state index in [4.69, 9.17) is 21.4 Å². The van der Waals surface area contributed by atoms with E-state index in [9.17, 15) is 4.79 Å². The first-order valence-electron chi connectivity index (χ1n) is 5.67. The molecule has 2 rings (SSSR count). The molecule has 106 valence electrons. The lowest BCUT2D eigenvalue weighted by atomic mass is 10.3. The molecular weight excluding hydrogens is 302 g/mol. The molecule has 0 fully saturated rings. The lowest BCUT2D eigenvalue weighted by Crippen LogP contribution is -2.05. The van der Waals surface area contributed by atoms with Crippen LogP contribution in [0.4, 0.5) is 0 Å². The average Bonchev–Trinajstić information content (AvgIpc) is 2.75. The number of aliphatic carboxylic acids is 1. The Morgan fingerprint density at radius 3 is 3.00 bits per heavy atom. The van der Waals surface area contributed by atoms with Gasteiger partial charge in [0.1, 0.15) is 12.4 Å². The maximum absolute atomic E-state index is 10.5. The summed E-state index contributed by atoms with van der Waals surface area (Å²) in [6.07, 6.45) is 0. The van der Waals surface area contributed by atoms with Crippen LogP contribution in [-0.2, 0) is 18.4 Å². The Labute approximate surface area is 124 Å². The summed E-state index contributed by atoms with van der Waals surface area (Å²) in [5.74, 6) is 0.300. The fourth-order valence-corrected chi connectivity index (χ4v) is 2.26. The Morgan fingerprint density at radius 1 is 1.50 bits per heavy atom. The zero-order valence-corrected chi connectivity index (χ0v) is 12.2. The topological polar surface area (TPSA) is 77.2 Å². The summed E-state index contributed by atoms with van der Waals surface area (Å²) < 4.78 is 7.27. The normalized spacial score (nSPS) is 10.5. The molecule has 2 aromatic rings. The van der Waals surface area contributed by atoms with Gasteiger partial charge in [-0.25, -0.2) is 0 Å². The van der Waals surface area contributed by atoms with Crippen molar-refractivity contribution in [1.82, 2.24) is 14.8 Å². The van der Waals surface area contributed by atoms with Gasteiger partial charge in [-0.05, 0) is 18.2 Å². The van der Waals surface area contributed by atoms with Crippen LogP contribution in [0.1, 0.15) is 5.82 Å². The molecule has 8 heteroatoms. The van der Waals surface area contributed by atoms with Gasteiger partial charge in [0, 0.05) is 12.1 Å². The highest BCUT2D eigenvalue weighted by Crippen LogP contribution is 2.19. The van der Waals surface area contributed by atoms with E-state index in [2.05, 4.69) is 10.2 Å². The molecule has 1 N–H and O–H groups in total. The number of ether oxygens (including phenoxy) is 1. The molecular formula is C12H12ClN3O3S. The average molecular weight is 314 g/mol. The fourth-order valence-electron chi connectivity index (χ4n) is 1.43. The van der Waals surface area contributed by atoms with Gasteiger partial charge in [0.2, 0.25) is 0 Å². The predicted octanol–water partition coefficient (Wildman–Crippen LogP) is 2.22. The van der Waals surface area contributed by atoms with E-state index < -0.39 is 5.97 Å². The third-order valence-corrected chi connectivity index (χ3v) is 3.65. The number of thioether (sulfide) groups is 1. The second-order valence-corrected chi connectivity index (χ2v) is 5.27. The number of halogens is 1. The number of benzene rings is 1. The van der Waals surface area contributed by atoms with Crippen molar-refractivity contribution in [2.24, 2.45) is 7.05 Å². The van der Waals surface area contributed by atoms with Gasteiger partial charge in [-0.2, -0.15) is 0 Å². The maximum Gasteiger partial charge on any atom is 0.313 e. The number of hydrogen-bond acceptors (Lipinski definition) is 5. The number of carbonyl (C=O) groups is 1. The van der Waals surface area contributed by atoms with Crippen LogP contribution in [0.2, 0.25) is 5.02 Å². The summed E-state index contributed by atoms with van der Waals surface area (Å²) in [6, 6.07) is 7.06. The second-order valence-electron chi connectivity index (χ2n) is 3.89. The van der Waals surface area contributed by atoms with E-state index in [1.165, 1.54) is 0 Å². The first-order valence-corrected chi connectivity index (χ1v) is 7.04. The van der Waals surface area contributed by atoms with E-state index in [-0.39, 0.29) is 12.4 Å². The quantitative estimate of drug-likeness (QED) is 0.824. The summed E-state index contributed by atoms with van der Waals surface area (Å²) in [5.41, 5.74) is 0. The van der Waals surface area contributed by atoms with Crippen molar-refractivity contribution in [3.05, 3.63) is 35.1 Å². The standard InChI is InChI=1S/C12H12ClN3O3S/c1-16-10(14-15-12(16)20-7-11(17)18)6-19-9-4-2-3-8(13)5-9/h2-5H,6-7H2,1H3,(H,17,18). The van der Waals surface area contributed by atoms with E-state index in [1.807, 2.05) is 0 Å². The Bertz CT molecular complexity index is 618. The van der Waals surface area contributed by atoms with Crippen molar-refractivity contribution in [1.29, 1.82) is 0 Å². The Morgan fingerprint density at radius 2 is 2.30 bits per heavy atom. The van der Waals surface area contributed by atoms with Crippen LogP contribution in [0.5, 0.6) is 5.75 Å². The number of carboxylic acids is 1. The number of rotatable bonds is 6. The minimum atomic E-state index is -0.894. The van der Waals surface area contributed by atoms with Gasteiger partial charge < -0.3 is 14.4 Å². The van der Waals surface area contributed by atoms with Gasteiger partial charge in [0.15, 0.2) is 11.0 Å². The highest BCUT2D eigenvalue weighted by molar-refractivity contribution is 7.99. The van der Waals surface area contributed by atoms with Crippen molar-refractivity contribution < 1.29 is 14.6 Å². The molecule has 0 amide bonds. The van der Waals surface area contributed by atoms with E-state index in [0.29, 0.717) is 21.8 Å². The van der Waals surface area contributed by atoms with Crippen LogP contribution in [0.15, 0.2) is 29.4 Å². The van der Waals surface area contributed by atoms with E-state index in [0.717, 1.165) is 11.8 Å². The molecule has 20 heavy (non-hydrogen) atoms. The monoisotopic (exact) mass is 313 g/mol. The second kappa shape index (κ2) is 6.62. The molecule has 6 nitrogen and oxygen atoms in total. The molecule has 0 unspecified atom stereocenters. The molecule has 0 radical (unpaired) electrons. The van der Waals surface area contributed by atoms with Crippen molar-refractivity contribution in [3.8, 4) is 5.75 Å². The summed E-state index contributed by atoms with van der Waals surface area (Å²) in [5, 5.41) is 17.7. The molecule has 1 aromatic carbocycles. The Balaban J connectivity index is 1.98. The number of hydrogen-bond donors (Lipinski definition) is 1. The van der Waals surface area contributed by atoms with Crippen LogP contribution >= 0.6 is 23.4 Å². The minimum absolute atomic E-state index is 0.0544. The van der Waals surface area contributed by atoms with E-state index >= 15 is 0 Å². The molecule has 0 aliphatic rings. The van der Waals surface area contributed by atoms with Crippen LogP contribution in [0, 0.1) is 0 Å². The zero-order valence-electron chi connectivity index (χ0n) is 10.6. The minimum Gasteiger partial charge on any atom is -0.486 e. The van der Waals surface area contributed by atoms with E-state index in [1.54, 1.807) is 35.9 Å². The molecule has 0 atom stereocenters. The van der Waals surface area contributed by atoms with Crippen molar-refractivity contribution in [2.45, 2.75) is 11.8 Å². The van der Waals surface area contributed by atoms with Gasteiger partial charge in [0.05, 0.1) is 5.75 Å². The Hall–Kier alpha value is -1.73. The summed E-state index contributed by atoms with van der Waals surface area (Å²) >= 11 is 6.97. The third kappa shape index (κ3) is 3.88. The number of nitrogens with zero attached hydrogens (tertiary/aromatic N) is 3. The molecule has 0 aliphatic carbocycles. The summed E-state index contributed by atoms with van der Waals surface area (Å²) in [6.45, 7) is 0.234. The molecule has 1 aromatic heterocycles. The highest BCUT2D eigenvalue weighted by Gasteiger charge is 2.11. The largest absolute Gasteiger partial charge is 0.486 e. The predicted molar refractivity (Wildman–Crippen MR) is 75.1 cm³/mol. The zero-order chi connectivity index (χ0) is 14.5. The van der Waals surface area contributed by atoms with Crippen LogP contribution in [-0.4, -0.2) is 31.6 Å². The molecule has 1 heterocycles. The SMILES string of the molecule is Cn1c(COc2cccc(Cl)c2)nnc1SCC(=O)O. The third-order valence-electron chi connectivity index (χ3n) is 2.41. The van der Waals surface area contributed by atoms with Crippen LogP contribution in [0.3, 0.4) is 0 Å². The first kappa shape index (κ1) is 14.7. The highest BCUT2D eigenvalue weighted by atomic mass is 35.5. The van der Waals surface area contributed by atoms with Crippen LogP contribution in [0.25, 0.3) is 0 Å². The summed E-state index contributed by atoms with van der Waals surface area (Å²) in [4.78, 5) is 10.5. The molecule has 0 aliphatic heterocycles. The smallest absolute Gasteiger partial charge is 0.313 e. The number of aromatic nitrogens is 3. The summed E-state index contributed by atoms with van der Waals surface area (Å²) in [7, 11) is 1.76. The van der Waals surface area contributed by atoms with Gasteiger partial charge >= 0.3 is 5.97 Å². The van der Waals surface area contributed by atoms with Crippen molar-refractivity contribution >= 4 is 29.3 Å². The lowest BCUT2D eigenvalue weighted by molar-refractivity contribution is -0.133. The molecule has 0 saturated carbocycles. The van der Waals surface area contributed by atoms with Crippen molar-refractivity contribution in [2.75, 3.05) is 5.75 Å². The Kier molecular flexibility index (Phi) is 4.86. The maximum atomic E-state index is 10.5. The fraction of sp³-hybridized carbons (Fsp3) is 0.250. The van der Waals surface area contributed by atoms with Crippen LogP contribution < -0.4 is 4.74 Å². The van der Waals surface area contributed by atoms with Gasteiger partial charge in [0.25, 0.3) is 0 Å². The lowest BCUT2D eigenvalue weighted by Gasteiger charge is -2.06. The van der Waals surface area contributed by atoms with Gasteiger partial charge in [-0.3, -0.25) is 4.79 Å². The molecule has 0 spiro atoms. The van der Waals surface area contributed by atoms with Gasteiger partial charge in [-0.15, -0.1) is 10.2 Å².